The molecule has 1 heterocycles. The number of amides is 2. The van der Waals surface area contributed by atoms with Crippen LogP contribution in [0.5, 0.6) is 0 Å². The van der Waals surface area contributed by atoms with Crippen molar-refractivity contribution in [1.29, 1.82) is 0 Å². The number of anilines is 1. The summed E-state index contributed by atoms with van der Waals surface area (Å²) < 4.78 is 4.93. The van der Waals surface area contributed by atoms with Gasteiger partial charge in [-0.3, -0.25) is 14.4 Å². The van der Waals surface area contributed by atoms with Gasteiger partial charge >= 0.3 is 5.97 Å². The third-order valence-corrected chi connectivity index (χ3v) is 10.5. The van der Waals surface area contributed by atoms with Crippen LogP contribution in [-0.2, 0) is 30.0 Å². The second-order valence-corrected chi connectivity index (χ2v) is 12.7. The first-order chi connectivity index (χ1) is 23.4. The molecule has 4 atom stereocenters. The fourth-order valence-corrected chi connectivity index (χ4v) is 8.70. The highest BCUT2D eigenvalue weighted by atomic mass is 35.5. The molecule has 2 bridgehead atoms. The minimum Gasteiger partial charge on any atom is -0.465 e. The largest absolute Gasteiger partial charge is 0.465 e. The number of fused-ring (bicyclic) bond motifs is 5. The predicted octanol–water partition coefficient (Wildman–Crippen LogP) is 7.32. The molecular weight excluding hydrogens is 622 g/mol. The average Bonchev–Trinajstić information content (AvgIpc) is 3.65. The van der Waals surface area contributed by atoms with Gasteiger partial charge in [-0.05, 0) is 51.6 Å². The second-order valence-electron chi connectivity index (χ2n) is 12.3. The normalized spacial score (nSPS) is 24.3. The van der Waals surface area contributed by atoms with Crippen LogP contribution in [0.25, 0.3) is 11.1 Å². The molecule has 5 aromatic carbocycles. The third-order valence-electron chi connectivity index (χ3n) is 10.2. The summed E-state index contributed by atoms with van der Waals surface area (Å²) in [4.78, 5) is 59.9. The molecule has 1 aliphatic heterocycles. The van der Waals surface area contributed by atoms with E-state index in [9.17, 15) is 4.79 Å². The molecule has 0 aromatic heterocycles. The Kier molecular flexibility index (Phi) is 6.83. The van der Waals surface area contributed by atoms with Gasteiger partial charge in [-0.15, -0.1) is 0 Å². The van der Waals surface area contributed by atoms with E-state index < -0.39 is 40.4 Å². The lowest BCUT2D eigenvalue weighted by molar-refractivity contribution is -0.130. The first-order valence-electron chi connectivity index (χ1n) is 15.7. The fraction of sp³-hybridized carbons (Fsp3) is 0.122. The van der Waals surface area contributed by atoms with Gasteiger partial charge in [-0.1, -0.05) is 133 Å². The number of imide groups is 1. The van der Waals surface area contributed by atoms with Gasteiger partial charge in [0.1, 0.15) is 0 Å². The van der Waals surface area contributed by atoms with Crippen LogP contribution in [0.4, 0.5) is 5.69 Å². The van der Waals surface area contributed by atoms with Gasteiger partial charge in [-0.2, -0.15) is 0 Å². The molecule has 0 radical (unpaired) electrons. The molecule has 0 unspecified atom stereocenters. The van der Waals surface area contributed by atoms with Crippen molar-refractivity contribution in [2.45, 2.75) is 10.8 Å². The number of nitrogens with zero attached hydrogens (tertiary/aromatic N) is 1. The Morgan fingerprint density at radius 1 is 0.625 bits per heavy atom. The quantitative estimate of drug-likeness (QED) is 0.142. The molecule has 5 aromatic rings. The minimum absolute atomic E-state index is 0.0250. The number of ketones is 1. The molecule has 2 amide bonds. The van der Waals surface area contributed by atoms with Gasteiger partial charge in [0.05, 0.1) is 46.0 Å². The monoisotopic (exact) mass is 649 g/mol. The summed E-state index contributed by atoms with van der Waals surface area (Å²) in [6, 6.07) is 42.5. The molecule has 8 rings (SSSR count). The fourth-order valence-electron chi connectivity index (χ4n) is 8.51. The maximum absolute atomic E-state index is 15.9. The maximum Gasteiger partial charge on any atom is 0.339 e. The van der Waals surface area contributed by atoms with Gasteiger partial charge in [0.15, 0.2) is 5.78 Å². The van der Waals surface area contributed by atoms with E-state index in [1.165, 1.54) is 19.2 Å². The molecule has 3 aliphatic rings. The van der Waals surface area contributed by atoms with Gasteiger partial charge in [0.2, 0.25) is 11.8 Å². The summed E-state index contributed by atoms with van der Waals surface area (Å²) in [5.41, 5.74) is 1.47. The van der Waals surface area contributed by atoms with Crippen molar-refractivity contribution in [3.05, 3.63) is 172 Å². The molecular formula is C41H28ClNO5. The zero-order valence-electron chi connectivity index (χ0n) is 25.8. The van der Waals surface area contributed by atoms with Crippen LogP contribution < -0.4 is 4.90 Å². The number of allylic oxidation sites excluding steroid dienone is 2. The molecule has 48 heavy (non-hydrogen) atoms. The molecule has 0 spiro atoms. The number of hydrogen-bond donors (Lipinski definition) is 0. The number of halogens is 1. The van der Waals surface area contributed by atoms with E-state index in [1.54, 1.807) is 6.07 Å². The van der Waals surface area contributed by atoms with Crippen molar-refractivity contribution in [3.63, 3.8) is 0 Å². The van der Waals surface area contributed by atoms with Crippen molar-refractivity contribution >= 4 is 52.0 Å². The Balaban J connectivity index is 1.51. The molecule has 0 N–H and O–H groups in total. The van der Waals surface area contributed by atoms with Gasteiger partial charge in [0.25, 0.3) is 0 Å². The summed E-state index contributed by atoms with van der Waals surface area (Å²) in [7, 11) is 1.24. The van der Waals surface area contributed by atoms with Crippen LogP contribution in [-0.4, -0.2) is 30.7 Å². The van der Waals surface area contributed by atoms with Crippen LogP contribution in [0.15, 0.2) is 140 Å². The third kappa shape index (κ3) is 3.75. The van der Waals surface area contributed by atoms with Crippen LogP contribution in [0, 0.1) is 11.8 Å². The smallest absolute Gasteiger partial charge is 0.339 e. The van der Waals surface area contributed by atoms with Crippen LogP contribution >= 0.6 is 11.6 Å². The van der Waals surface area contributed by atoms with Crippen molar-refractivity contribution in [2.24, 2.45) is 11.8 Å². The van der Waals surface area contributed by atoms with E-state index in [2.05, 4.69) is 0 Å². The number of carbonyl (C=O) groups excluding carboxylic acids is 4. The van der Waals surface area contributed by atoms with E-state index in [0.717, 1.165) is 16.0 Å². The summed E-state index contributed by atoms with van der Waals surface area (Å²) in [6.07, 6.45) is 0. The summed E-state index contributed by atoms with van der Waals surface area (Å²) in [5.74, 6) is -4.09. The number of esters is 1. The molecule has 1 saturated carbocycles. The maximum atomic E-state index is 15.9. The molecule has 2 fully saturated rings. The predicted molar refractivity (Wildman–Crippen MR) is 183 cm³/mol. The van der Waals surface area contributed by atoms with Crippen molar-refractivity contribution in [3.8, 4) is 0 Å². The van der Waals surface area contributed by atoms with Crippen LogP contribution in [0.3, 0.4) is 0 Å². The second kappa shape index (κ2) is 11.0. The summed E-state index contributed by atoms with van der Waals surface area (Å²) in [5, 5.41) is 0.126. The Hall–Kier alpha value is -5.59. The Bertz CT molecular complexity index is 2050. The van der Waals surface area contributed by atoms with E-state index in [1.807, 2.05) is 121 Å². The molecule has 2 aliphatic carbocycles. The number of methoxy groups -OCH3 is 1. The van der Waals surface area contributed by atoms with Crippen LogP contribution in [0.1, 0.15) is 32.6 Å². The van der Waals surface area contributed by atoms with Crippen molar-refractivity contribution < 1.29 is 23.9 Å². The van der Waals surface area contributed by atoms with Gasteiger partial charge in [-0.25, -0.2) is 9.69 Å². The van der Waals surface area contributed by atoms with E-state index in [4.69, 9.17) is 16.3 Å². The Labute approximate surface area is 282 Å². The number of Topliss-reactive ketones (excluding diaryl/α,β-unsaturated/α-hetero) is 1. The molecule has 7 heteroatoms. The SMILES string of the molecule is COC(=O)c1cc(N2C(=O)[C@@H]3[C@H](C2=O)[C@@]2(c4ccccc4)C(=O)[C@@]3(c3ccccc3)C(c3ccccc3)=C2c2ccccc2)ccc1Cl. The first kappa shape index (κ1) is 29.8. The van der Waals surface area contributed by atoms with E-state index in [0.29, 0.717) is 22.3 Å². The van der Waals surface area contributed by atoms with E-state index in [-0.39, 0.29) is 22.1 Å². The topological polar surface area (TPSA) is 80.8 Å². The standard InChI is InChI=1S/C41H28ClNO5/c1-48-38(46)30-24-29(22-23-31(30)42)43-36(44)34-35(37(43)45)41(28-20-12-5-13-21-28)33(26-16-8-3-9-17-26)32(25-14-6-2-7-15-25)40(34,39(41)47)27-18-10-4-11-19-27/h2-24,34-35H,1H3/t34-,35+,40-,41-/m0/s1. The lowest BCUT2D eigenvalue weighted by atomic mass is 9.59. The van der Waals surface area contributed by atoms with Gasteiger partial charge in [0, 0.05) is 0 Å². The number of ether oxygens (including phenoxy) is 1. The number of benzene rings is 5. The highest BCUT2D eigenvalue weighted by Crippen LogP contribution is 2.74. The summed E-state index contributed by atoms with van der Waals surface area (Å²) in [6.45, 7) is 0. The van der Waals surface area contributed by atoms with E-state index >= 15 is 14.4 Å². The number of hydrogen-bond acceptors (Lipinski definition) is 5. The Morgan fingerprint density at radius 2 is 1.04 bits per heavy atom. The van der Waals surface area contributed by atoms with Crippen molar-refractivity contribution in [1.82, 2.24) is 0 Å². The zero-order valence-corrected chi connectivity index (χ0v) is 26.6. The lowest BCUT2D eigenvalue weighted by Gasteiger charge is -2.39. The highest BCUT2D eigenvalue weighted by Gasteiger charge is 2.82. The van der Waals surface area contributed by atoms with Crippen LogP contribution in [0.2, 0.25) is 5.02 Å². The van der Waals surface area contributed by atoms with Crippen molar-refractivity contribution in [2.75, 3.05) is 12.0 Å². The Morgan fingerprint density at radius 3 is 1.46 bits per heavy atom. The molecule has 6 nitrogen and oxygen atoms in total. The summed E-state index contributed by atoms with van der Waals surface area (Å²) >= 11 is 6.36. The number of carbonyl (C=O) groups is 4. The molecule has 234 valence electrons. The minimum atomic E-state index is -1.52. The average molecular weight is 650 g/mol. The first-order valence-corrected chi connectivity index (χ1v) is 16.0. The number of rotatable bonds is 6. The molecule has 1 saturated heterocycles. The lowest BCUT2D eigenvalue weighted by Crippen LogP contribution is -2.45. The highest BCUT2D eigenvalue weighted by molar-refractivity contribution is 6.39. The van der Waals surface area contributed by atoms with Gasteiger partial charge < -0.3 is 4.74 Å². The zero-order chi connectivity index (χ0) is 33.2.